The normalized spacial score (nSPS) is 11.4. The molecule has 0 N–H and O–H groups in total. The van der Waals surface area contributed by atoms with Crippen molar-refractivity contribution < 1.29 is 9.47 Å². The van der Waals surface area contributed by atoms with Gasteiger partial charge >= 0.3 is 0 Å². The summed E-state index contributed by atoms with van der Waals surface area (Å²) in [5.41, 5.74) is 2.00. The molecule has 30 heavy (non-hydrogen) atoms. The molecule has 0 aliphatic heterocycles. The average molecular weight is 409 g/mol. The standard InChI is InChI=1S/C26H36N2O2/c1-3-5-7-9-19-29-25-15-11-23(12-16-25)21-27-28-22-24-13-17-26(18-14-24)30-20-10-8-6-4-2/h11-18,21-22H,3-10,19-20H2,1-2H3/b27-21+,28-22?. The molecule has 0 spiro atoms. The molecule has 2 rings (SSSR count). The first-order valence-electron chi connectivity index (χ1n) is 11.3. The van der Waals surface area contributed by atoms with Crippen molar-refractivity contribution in [1.82, 2.24) is 0 Å². The van der Waals surface area contributed by atoms with Crippen LogP contribution in [0.5, 0.6) is 11.5 Å². The predicted octanol–water partition coefficient (Wildman–Crippen LogP) is 7.06. The molecule has 0 radical (unpaired) electrons. The maximum atomic E-state index is 5.76. The summed E-state index contributed by atoms with van der Waals surface area (Å²) in [5, 5.41) is 8.27. The van der Waals surface area contributed by atoms with Gasteiger partial charge in [-0.3, -0.25) is 0 Å². The first-order valence-corrected chi connectivity index (χ1v) is 11.3. The highest BCUT2D eigenvalue weighted by molar-refractivity contribution is 5.82. The Kier molecular flexibility index (Phi) is 12.0. The molecule has 0 aliphatic rings. The zero-order valence-electron chi connectivity index (χ0n) is 18.6. The van der Waals surface area contributed by atoms with Crippen molar-refractivity contribution in [2.45, 2.75) is 65.2 Å². The Hall–Kier alpha value is -2.62. The molecule has 0 heterocycles. The van der Waals surface area contributed by atoms with E-state index < -0.39 is 0 Å². The molecule has 0 amide bonds. The molecular formula is C26H36N2O2. The lowest BCUT2D eigenvalue weighted by Gasteiger charge is -2.05. The smallest absolute Gasteiger partial charge is 0.119 e. The zero-order chi connectivity index (χ0) is 21.3. The van der Waals surface area contributed by atoms with E-state index in [-0.39, 0.29) is 0 Å². The van der Waals surface area contributed by atoms with Crippen LogP contribution < -0.4 is 9.47 Å². The van der Waals surface area contributed by atoms with Gasteiger partial charge in [0.05, 0.1) is 25.6 Å². The number of benzene rings is 2. The van der Waals surface area contributed by atoms with E-state index in [1.54, 1.807) is 12.4 Å². The molecule has 0 saturated heterocycles. The monoisotopic (exact) mass is 408 g/mol. The van der Waals surface area contributed by atoms with E-state index in [2.05, 4.69) is 24.1 Å². The van der Waals surface area contributed by atoms with Gasteiger partial charge < -0.3 is 9.47 Å². The summed E-state index contributed by atoms with van der Waals surface area (Å²) < 4.78 is 11.5. The van der Waals surface area contributed by atoms with Crippen LogP contribution in [0.15, 0.2) is 58.7 Å². The molecule has 0 fully saturated rings. The van der Waals surface area contributed by atoms with Gasteiger partial charge in [-0.2, -0.15) is 10.2 Å². The van der Waals surface area contributed by atoms with E-state index in [9.17, 15) is 0 Å². The average Bonchev–Trinajstić information content (AvgIpc) is 2.78. The van der Waals surface area contributed by atoms with Gasteiger partial charge in [-0.15, -0.1) is 0 Å². The van der Waals surface area contributed by atoms with E-state index in [1.165, 1.54) is 38.5 Å². The van der Waals surface area contributed by atoms with Crippen molar-refractivity contribution in [2.24, 2.45) is 10.2 Å². The van der Waals surface area contributed by atoms with E-state index in [0.717, 1.165) is 48.7 Å². The fourth-order valence-corrected chi connectivity index (χ4v) is 2.94. The van der Waals surface area contributed by atoms with Crippen molar-refractivity contribution in [1.29, 1.82) is 0 Å². The lowest BCUT2D eigenvalue weighted by molar-refractivity contribution is 0.305. The molecule has 2 aromatic carbocycles. The highest BCUT2D eigenvalue weighted by Gasteiger charge is 1.96. The third-order valence-corrected chi connectivity index (χ3v) is 4.77. The van der Waals surface area contributed by atoms with Crippen LogP contribution in [0.2, 0.25) is 0 Å². The van der Waals surface area contributed by atoms with Crippen molar-refractivity contribution in [3.8, 4) is 11.5 Å². The fourth-order valence-electron chi connectivity index (χ4n) is 2.94. The molecule has 4 heteroatoms. The largest absolute Gasteiger partial charge is 0.494 e. The highest BCUT2D eigenvalue weighted by Crippen LogP contribution is 2.13. The number of hydrogen-bond donors (Lipinski definition) is 0. The summed E-state index contributed by atoms with van der Waals surface area (Å²) in [6.07, 6.45) is 13.2. The second kappa shape index (κ2) is 15.3. The Morgan fingerprint density at radius 3 is 1.33 bits per heavy atom. The van der Waals surface area contributed by atoms with Crippen LogP contribution in [0, 0.1) is 0 Å². The van der Waals surface area contributed by atoms with E-state index in [0.29, 0.717) is 0 Å². The quantitative estimate of drug-likeness (QED) is 0.180. The van der Waals surface area contributed by atoms with E-state index >= 15 is 0 Å². The Labute approximate surface area is 182 Å². The Balaban J connectivity index is 1.70. The Bertz CT molecular complexity index is 671. The zero-order valence-corrected chi connectivity index (χ0v) is 18.6. The Morgan fingerprint density at radius 2 is 0.967 bits per heavy atom. The van der Waals surface area contributed by atoms with Gasteiger partial charge in [-0.1, -0.05) is 52.4 Å². The minimum atomic E-state index is 0.778. The molecule has 0 saturated carbocycles. The first kappa shape index (κ1) is 23.7. The minimum Gasteiger partial charge on any atom is -0.494 e. The van der Waals surface area contributed by atoms with Crippen molar-refractivity contribution >= 4 is 12.4 Å². The van der Waals surface area contributed by atoms with Crippen LogP contribution >= 0.6 is 0 Å². The minimum absolute atomic E-state index is 0.778. The lowest BCUT2D eigenvalue weighted by Crippen LogP contribution is -1.97. The topological polar surface area (TPSA) is 43.2 Å². The van der Waals surface area contributed by atoms with Crippen LogP contribution in [-0.2, 0) is 0 Å². The van der Waals surface area contributed by atoms with Gasteiger partial charge in [-0.25, -0.2) is 0 Å². The van der Waals surface area contributed by atoms with Crippen LogP contribution in [0.1, 0.15) is 76.3 Å². The molecule has 0 bridgehead atoms. The number of hydrogen-bond acceptors (Lipinski definition) is 4. The number of rotatable bonds is 15. The second-order valence-electron chi connectivity index (χ2n) is 7.45. The van der Waals surface area contributed by atoms with Gasteiger partial charge in [0.25, 0.3) is 0 Å². The van der Waals surface area contributed by atoms with E-state index in [1.807, 2.05) is 48.5 Å². The van der Waals surface area contributed by atoms with Gasteiger partial charge in [0.2, 0.25) is 0 Å². The summed E-state index contributed by atoms with van der Waals surface area (Å²) in [6, 6.07) is 15.9. The number of unbranched alkanes of at least 4 members (excludes halogenated alkanes) is 6. The molecule has 0 unspecified atom stereocenters. The van der Waals surface area contributed by atoms with Crippen molar-refractivity contribution in [3.63, 3.8) is 0 Å². The highest BCUT2D eigenvalue weighted by atomic mass is 16.5. The summed E-state index contributed by atoms with van der Waals surface area (Å²) in [4.78, 5) is 0. The molecule has 0 aliphatic carbocycles. The van der Waals surface area contributed by atoms with Crippen LogP contribution in [-0.4, -0.2) is 25.6 Å². The van der Waals surface area contributed by atoms with Gasteiger partial charge in [0.15, 0.2) is 0 Å². The summed E-state index contributed by atoms with van der Waals surface area (Å²) in [7, 11) is 0. The van der Waals surface area contributed by atoms with Crippen LogP contribution in [0.4, 0.5) is 0 Å². The first-order chi connectivity index (χ1) is 14.8. The molecule has 0 aromatic heterocycles. The lowest BCUT2D eigenvalue weighted by atomic mass is 10.2. The summed E-state index contributed by atoms with van der Waals surface area (Å²) in [5.74, 6) is 1.81. The van der Waals surface area contributed by atoms with Gasteiger partial charge in [-0.05, 0) is 72.5 Å². The number of nitrogens with zero attached hydrogens (tertiary/aromatic N) is 2. The molecule has 4 nitrogen and oxygen atoms in total. The third-order valence-electron chi connectivity index (χ3n) is 4.77. The van der Waals surface area contributed by atoms with Crippen LogP contribution in [0.3, 0.4) is 0 Å². The second-order valence-corrected chi connectivity index (χ2v) is 7.45. The third kappa shape index (κ3) is 10.2. The maximum Gasteiger partial charge on any atom is 0.119 e. The fraction of sp³-hybridized carbons (Fsp3) is 0.462. The number of ether oxygens (including phenoxy) is 2. The molecule has 162 valence electrons. The molecule has 2 aromatic rings. The predicted molar refractivity (Wildman–Crippen MR) is 127 cm³/mol. The SMILES string of the molecule is CCCCCCOc1ccc(C=N/N=C/c2ccc(OCCCCCC)cc2)cc1. The maximum absolute atomic E-state index is 5.76. The molecule has 0 atom stereocenters. The van der Waals surface area contributed by atoms with Crippen molar-refractivity contribution in [2.75, 3.05) is 13.2 Å². The van der Waals surface area contributed by atoms with Gasteiger partial charge in [0, 0.05) is 0 Å². The van der Waals surface area contributed by atoms with Crippen molar-refractivity contribution in [3.05, 3.63) is 59.7 Å². The van der Waals surface area contributed by atoms with Gasteiger partial charge in [0.1, 0.15) is 11.5 Å². The summed E-state index contributed by atoms with van der Waals surface area (Å²) >= 11 is 0. The van der Waals surface area contributed by atoms with Crippen LogP contribution in [0.25, 0.3) is 0 Å². The summed E-state index contributed by atoms with van der Waals surface area (Å²) in [6.45, 7) is 5.99. The molecular weight excluding hydrogens is 372 g/mol. The van der Waals surface area contributed by atoms with E-state index in [4.69, 9.17) is 9.47 Å². The Morgan fingerprint density at radius 1 is 0.567 bits per heavy atom.